The summed E-state index contributed by atoms with van der Waals surface area (Å²) in [5, 5.41) is 16.8. The zero-order valence-electron chi connectivity index (χ0n) is 10.9. The maximum atomic E-state index is 10.4. The van der Waals surface area contributed by atoms with E-state index in [1.807, 2.05) is 0 Å². The number of hydrogen-bond acceptors (Lipinski definition) is 5. The van der Waals surface area contributed by atoms with Gasteiger partial charge in [-0.15, -0.1) is 0 Å². The van der Waals surface area contributed by atoms with Crippen LogP contribution < -0.4 is 6.15 Å². The van der Waals surface area contributed by atoms with Crippen LogP contribution in [-0.2, 0) is 0 Å². The summed E-state index contributed by atoms with van der Waals surface area (Å²) in [6.45, 7) is 1.72. The Hall–Kier alpha value is -2.80. The molecule has 7 heteroatoms. The van der Waals surface area contributed by atoms with Crippen LogP contribution in [0.3, 0.4) is 0 Å². The van der Waals surface area contributed by atoms with Crippen LogP contribution in [-0.4, -0.2) is 32.1 Å². The fraction of sp³-hybridized carbons (Fsp3) is 0.143. The van der Waals surface area contributed by atoms with Gasteiger partial charge in [-0.3, -0.25) is 0 Å². The largest absolute Gasteiger partial charge is 0.477 e. The summed E-state index contributed by atoms with van der Waals surface area (Å²) in [5.74, 6) is -1.96. The lowest BCUT2D eigenvalue weighted by atomic mass is 10.2. The number of aromatic nitrogens is 2. The molecular weight excluding hydrogens is 274 g/mol. The van der Waals surface area contributed by atoms with Crippen LogP contribution in [0.4, 0.5) is 0 Å². The second-order valence-electron chi connectivity index (χ2n) is 3.49. The van der Waals surface area contributed by atoms with Crippen molar-refractivity contribution in [3.05, 3.63) is 59.7 Å². The molecule has 0 saturated heterocycles. The van der Waals surface area contributed by atoms with Gasteiger partial charge in [-0.05, 0) is 30.7 Å². The topological polar surface area (TPSA) is 135 Å². The van der Waals surface area contributed by atoms with Gasteiger partial charge in [0.15, 0.2) is 5.69 Å². The first kappa shape index (κ1) is 20.5. The molecule has 114 valence electrons. The molecule has 0 aliphatic heterocycles. The van der Waals surface area contributed by atoms with Gasteiger partial charge in [0.05, 0.1) is 0 Å². The van der Waals surface area contributed by atoms with Gasteiger partial charge < -0.3 is 16.4 Å². The smallest absolute Gasteiger partial charge is 0.354 e. The van der Waals surface area contributed by atoms with Crippen molar-refractivity contribution in [2.24, 2.45) is 0 Å². The van der Waals surface area contributed by atoms with Crippen LogP contribution in [0.2, 0.25) is 0 Å². The fourth-order valence-electron chi connectivity index (χ4n) is 1.20. The van der Waals surface area contributed by atoms with E-state index in [1.54, 1.807) is 31.2 Å². The van der Waals surface area contributed by atoms with Gasteiger partial charge in [0.1, 0.15) is 5.69 Å². The fourth-order valence-corrected chi connectivity index (χ4v) is 1.20. The number of aromatic carboxylic acids is 2. The van der Waals surface area contributed by atoms with Gasteiger partial charge >= 0.3 is 11.9 Å². The van der Waals surface area contributed by atoms with Crippen molar-refractivity contribution in [3.63, 3.8) is 0 Å². The van der Waals surface area contributed by atoms with E-state index in [1.165, 1.54) is 18.5 Å². The van der Waals surface area contributed by atoms with Gasteiger partial charge in [0.2, 0.25) is 0 Å². The molecule has 0 aliphatic rings. The highest BCUT2D eigenvalue weighted by atomic mass is 16.4. The first-order chi connectivity index (χ1) is 9.02. The molecule has 0 spiro atoms. The standard InChI is InChI=1S/C7H7NO2.C6H5NO2.CH4.H3N/c1-5-3-2-4-8-6(5)7(9)10;8-6(9)5-3-1-2-4-7-5;;/h2-4H,1H3,(H,9,10);1-4H,(H,8,9);1H4;1H3. The van der Waals surface area contributed by atoms with E-state index in [0.29, 0.717) is 5.56 Å². The van der Waals surface area contributed by atoms with E-state index in [-0.39, 0.29) is 25.0 Å². The van der Waals surface area contributed by atoms with Crippen molar-refractivity contribution < 1.29 is 19.8 Å². The van der Waals surface area contributed by atoms with E-state index in [2.05, 4.69) is 9.97 Å². The minimum absolute atomic E-state index is 0. The highest BCUT2D eigenvalue weighted by Gasteiger charge is 2.05. The number of hydrogen-bond donors (Lipinski definition) is 3. The van der Waals surface area contributed by atoms with Crippen molar-refractivity contribution in [2.75, 3.05) is 0 Å². The quantitative estimate of drug-likeness (QED) is 0.774. The van der Waals surface area contributed by atoms with Gasteiger partial charge in [-0.25, -0.2) is 19.6 Å². The highest BCUT2D eigenvalue weighted by Crippen LogP contribution is 2.01. The number of nitrogens with zero attached hydrogens (tertiary/aromatic N) is 2. The van der Waals surface area contributed by atoms with Crippen LogP contribution in [0.5, 0.6) is 0 Å². The summed E-state index contributed by atoms with van der Waals surface area (Å²) in [6.07, 6.45) is 2.92. The van der Waals surface area contributed by atoms with Crippen molar-refractivity contribution in [3.8, 4) is 0 Å². The second-order valence-corrected chi connectivity index (χ2v) is 3.49. The van der Waals surface area contributed by atoms with E-state index < -0.39 is 11.9 Å². The Balaban J connectivity index is 0. The average Bonchev–Trinajstić information content (AvgIpc) is 2.40. The predicted molar refractivity (Wildman–Crippen MR) is 78.9 cm³/mol. The number of carbonyl (C=O) groups is 2. The van der Waals surface area contributed by atoms with Gasteiger partial charge in [-0.1, -0.05) is 19.6 Å². The molecule has 0 saturated carbocycles. The second kappa shape index (κ2) is 10.0. The summed E-state index contributed by atoms with van der Waals surface area (Å²) in [4.78, 5) is 27.8. The first-order valence-electron chi connectivity index (χ1n) is 5.31. The highest BCUT2D eigenvalue weighted by molar-refractivity contribution is 5.86. The summed E-state index contributed by atoms with van der Waals surface area (Å²) >= 11 is 0. The maximum absolute atomic E-state index is 10.4. The third kappa shape index (κ3) is 6.79. The van der Waals surface area contributed by atoms with Crippen molar-refractivity contribution >= 4 is 11.9 Å². The molecule has 2 rings (SSSR count). The summed E-state index contributed by atoms with van der Waals surface area (Å²) in [6, 6.07) is 8.18. The minimum atomic E-state index is -0.990. The van der Waals surface area contributed by atoms with Gasteiger partial charge in [0.25, 0.3) is 0 Å². The Kier molecular flexibility index (Phi) is 9.81. The Morgan fingerprint density at radius 2 is 1.57 bits per heavy atom. The molecular formula is C14H19N3O4. The first-order valence-corrected chi connectivity index (χ1v) is 5.31. The number of carboxylic acids is 2. The lowest BCUT2D eigenvalue weighted by Gasteiger charge is -1.95. The lowest BCUT2D eigenvalue weighted by molar-refractivity contribution is 0.0679. The molecule has 0 aliphatic carbocycles. The number of pyridine rings is 2. The maximum Gasteiger partial charge on any atom is 0.354 e. The van der Waals surface area contributed by atoms with Crippen LogP contribution in [0.15, 0.2) is 42.7 Å². The van der Waals surface area contributed by atoms with E-state index in [4.69, 9.17) is 10.2 Å². The van der Waals surface area contributed by atoms with Crippen molar-refractivity contribution in [1.29, 1.82) is 0 Å². The van der Waals surface area contributed by atoms with Crippen LogP contribution in [0, 0.1) is 6.92 Å². The number of aryl methyl sites for hydroxylation is 1. The summed E-state index contributed by atoms with van der Waals surface area (Å²) < 4.78 is 0. The molecule has 5 N–H and O–H groups in total. The number of rotatable bonds is 2. The van der Waals surface area contributed by atoms with Crippen LogP contribution in [0.25, 0.3) is 0 Å². The average molecular weight is 293 g/mol. The molecule has 0 amide bonds. The third-order valence-electron chi connectivity index (χ3n) is 2.10. The summed E-state index contributed by atoms with van der Waals surface area (Å²) in [7, 11) is 0. The Labute approximate surface area is 122 Å². The molecule has 0 fully saturated rings. The SMILES string of the molecule is C.Cc1cccnc1C(=O)O.N.O=C(O)c1ccccn1. The normalized spacial score (nSPS) is 8.24. The zero-order valence-corrected chi connectivity index (χ0v) is 10.9. The molecule has 21 heavy (non-hydrogen) atoms. The monoisotopic (exact) mass is 293 g/mol. The van der Waals surface area contributed by atoms with Crippen LogP contribution in [0.1, 0.15) is 34.0 Å². The number of carboxylic acid groups (broad SMARTS) is 2. The molecule has 0 radical (unpaired) electrons. The zero-order chi connectivity index (χ0) is 14.3. The predicted octanol–water partition coefficient (Wildman–Crippen LogP) is 2.67. The minimum Gasteiger partial charge on any atom is -0.477 e. The van der Waals surface area contributed by atoms with E-state index in [0.717, 1.165) is 0 Å². The molecule has 2 aromatic heterocycles. The summed E-state index contributed by atoms with van der Waals surface area (Å²) in [5.41, 5.74) is 0.898. The van der Waals surface area contributed by atoms with Crippen molar-refractivity contribution in [2.45, 2.75) is 14.4 Å². The molecule has 0 unspecified atom stereocenters. The van der Waals surface area contributed by atoms with Gasteiger partial charge in [-0.2, -0.15) is 0 Å². The third-order valence-corrected chi connectivity index (χ3v) is 2.10. The molecule has 7 nitrogen and oxygen atoms in total. The molecule has 2 heterocycles. The van der Waals surface area contributed by atoms with E-state index in [9.17, 15) is 9.59 Å². The Bertz CT molecular complexity index is 573. The lowest BCUT2D eigenvalue weighted by Crippen LogP contribution is -2.01. The molecule has 2 aromatic rings. The van der Waals surface area contributed by atoms with E-state index >= 15 is 0 Å². The Morgan fingerprint density at radius 3 is 1.90 bits per heavy atom. The van der Waals surface area contributed by atoms with Gasteiger partial charge in [0, 0.05) is 12.4 Å². The van der Waals surface area contributed by atoms with Crippen LogP contribution >= 0.6 is 0 Å². The molecule has 0 aromatic carbocycles. The Morgan fingerprint density at radius 1 is 0.952 bits per heavy atom. The van der Waals surface area contributed by atoms with Crippen molar-refractivity contribution in [1.82, 2.24) is 16.1 Å². The molecule has 0 bridgehead atoms. The molecule has 0 atom stereocenters.